The van der Waals surface area contributed by atoms with Gasteiger partial charge in [-0.25, -0.2) is 8.42 Å². The molecule has 90 valence electrons. The molecule has 1 aliphatic heterocycles. The number of oxime groups is 1. The van der Waals surface area contributed by atoms with Crippen LogP contribution in [0.2, 0.25) is 0 Å². The summed E-state index contributed by atoms with van der Waals surface area (Å²) in [6, 6.07) is 0. The molecule has 0 atom stereocenters. The van der Waals surface area contributed by atoms with Crippen molar-refractivity contribution in [2.45, 2.75) is 32.8 Å². The average molecular weight is 243 g/mol. The molecule has 0 aromatic carbocycles. The zero-order chi connectivity index (χ0) is 12.2. The highest BCUT2D eigenvalue weighted by Crippen LogP contribution is 2.24. The molecule has 0 aromatic rings. The third kappa shape index (κ3) is 3.48. The molecular formula is C11H17NO3S. The lowest BCUT2D eigenvalue weighted by atomic mass is 10.1. The predicted octanol–water partition coefficient (Wildman–Crippen LogP) is 2.05. The first-order chi connectivity index (χ1) is 7.37. The maximum atomic E-state index is 11.8. The summed E-state index contributed by atoms with van der Waals surface area (Å²) in [6.45, 7) is 5.50. The first kappa shape index (κ1) is 13.0. The van der Waals surface area contributed by atoms with Gasteiger partial charge in [0, 0.05) is 6.42 Å². The molecule has 1 heterocycles. The highest BCUT2D eigenvalue weighted by atomic mass is 32.2. The number of nitrogens with zero attached hydrogens (tertiary/aromatic N) is 1. The summed E-state index contributed by atoms with van der Waals surface area (Å²) >= 11 is 0. The normalized spacial score (nSPS) is 20.3. The highest BCUT2D eigenvalue weighted by molar-refractivity contribution is 8.06. The Morgan fingerprint density at radius 1 is 1.44 bits per heavy atom. The quantitative estimate of drug-likeness (QED) is 0.713. The van der Waals surface area contributed by atoms with Crippen molar-refractivity contribution in [1.82, 2.24) is 0 Å². The van der Waals surface area contributed by atoms with E-state index in [1.807, 2.05) is 26.8 Å². The van der Waals surface area contributed by atoms with Crippen LogP contribution in [0.4, 0.5) is 0 Å². The van der Waals surface area contributed by atoms with Crippen LogP contribution in [0.5, 0.6) is 0 Å². The van der Waals surface area contributed by atoms with Gasteiger partial charge < -0.3 is 4.84 Å². The molecule has 0 saturated carbocycles. The summed E-state index contributed by atoms with van der Waals surface area (Å²) in [4.78, 5) is 5.04. The Bertz CT molecular complexity index is 430. The second-order valence-electron chi connectivity index (χ2n) is 4.25. The van der Waals surface area contributed by atoms with Crippen molar-refractivity contribution in [3.63, 3.8) is 0 Å². The van der Waals surface area contributed by atoms with Crippen LogP contribution in [-0.4, -0.2) is 24.8 Å². The van der Waals surface area contributed by atoms with Gasteiger partial charge in [-0.2, -0.15) is 0 Å². The highest BCUT2D eigenvalue weighted by Gasteiger charge is 2.35. The average Bonchev–Trinajstić information content (AvgIpc) is 2.54. The van der Waals surface area contributed by atoms with Gasteiger partial charge in [0.2, 0.25) is 0 Å². The molecule has 4 nitrogen and oxygen atoms in total. The molecule has 0 aromatic heterocycles. The van der Waals surface area contributed by atoms with Crippen molar-refractivity contribution in [1.29, 1.82) is 0 Å². The Morgan fingerprint density at radius 3 is 2.62 bits per heavy atom. The molecule has 16 heavy (non-hydrogen) atoms. The van der Waals surface area contributed by atoms with Crippen LogP contribution in [0, 0.1) is 0 Å². The zero-order valence-corrected chi connectivity index (χ0v) is 10.6. The first-order valence-corrected chi connectivity index (χ1v) is 6.78. The van der Waals surface area contributed by atoms with Gasteiger partial charge in [-0.1, -0.05) is 29.5 Å². The van der Waals surface area contributed by atoms with Crippen molar-refractivity contribution in [2.75, 3.05) is 5.75 Å². The molecule has 5 heteroatoms. The topological polar surface area (TPSA) is 55.7 Å². The molecule has 0 aliphatic carbocycles. The van der Waals surface area contributed by atoms with Crippen molar-refractivity contribution >= 4 is 14.9 Å². The van der Waals surface area contributed by atoms with E-state index in [0.29, 0.717) is 6.42 Å². The van der Waals surface area contributed by atoms with E-state index in [1.54, 1.807) is 18.2 Å². The number of rotatable bonds is 3. The standard InChI is InChI=1S/C11H17NO3S/c1-4-5-6-7-8-16(13,14)10-9-11(2,3)15-12-10/h4-7H,8-9H2,1-3H3/b5-4+,7-6+. The van der Waals surface area contributed by atoms with Gasteiger partial charge in [-0.05, 0) is 20.8 Å². The van der Waals surface area contributed by atoms with Gasteiger partial charge in [-0.15, -0.1) is 0 Å². The Kier molecular flexibility index (Phi) is 3.91. The van der Waals surface area contributed by atoms with Gasteiger partial charge in [0.05, 0.1) is 5.75 Å². The van der Waals surface area contributed by atoms with Gasteiger partial charge in [0.25, 0.3) is 0 Å². The van der Waals surface area contributed by atoms with Crippen LogP contribution >= 0.6 is 0 Å². The van der Waals surface area contributed by atoms with E-state index in [9.17, 15) is 8.42 Å². The fourth-order valence-corrected chi connectivity index (χ4v) is 2.51. The molecule has 0 bridgehead atoms. The van der Waals surface area contributed by atoms with Crippen molar-refractivity contribution in [3.05, 3.63) is 24.3 Å². The summed E-state index contributed by atoms with van der Waals surface area (Å²) < 4.78 is 23.6. The zero-order valence-electron chi connectivity index (χ0n) is 9.80. The maximum Gasteiger partial charge on any atom is 0.198 e. The van der Waals surface area contributed by atoms with E-state index >= 15 is 0 Å². The Hall–Kier alpha value is -1.10. The largest absolute Gasteiger partial charge is 0.389 e. The van der Waals surface area contributed by atoms with Gasteiger partial charge in [0.1, 0.15) is 5.60 Å². The van der Waals surface area contributed by atoms with Gasteiger partial charge in [0.15, 0.2) is 14.9 Å². The van der Waals surface area contributed by atoms with E-state index in [2.05, 4.69) is 5.16 Å². The van der Waals surface area contributed by atoms with Crippen LogP contribution in [0.3, 0.4) is 0 Å². The SMILES string of the molecule is C/C=C/C=C/CS(=O)(=O)C1=NOC(C)(C)C1. The summed E-state index contributed by atoms with van der Waals surface area (Å²) in [7, 11) is -3.31. The first-order valence-electron chi connectivity index (χ1n) is 5.13. The number of hydrogen-bond acceptors (Lipinski definition) is 4. The number of allylic oxidation sites excluding steroid dienone is 3. The molecule has 0 spiro atoms. The predicted molar refractivity (Wildman–Crippen MR) is 65.0 cm³/mol. The minimum absolute atomic E-state index is 0.0321. The molecule has 0 unspecified atom stereocenters. The maximum absolute atomic E-state index is 11.8. The summed E-state index contributed by atoms with van der Waals surface area (Å²) in [5.41, 5.74) is -0.505. The molecular weight excluding hydrogens is 226 g/mol. The second kappa shape index (κ2) is 4.82. The monoisotopic (exact) mass is 243 g/mol. The molecule has 0 N–H and O–H groups in total. The van der Waals surface area contributed by atoms with Gasteiger partial charge >= 0.3 is 0 Å². The van der Waals surface area contributed by atoms with Crippen LogP contribution in [0.1, 0.15) is 27.2 Å². The van der Waals surface area contributed by atoms with Crippen molar-refractivity contribution < 1.29 is 13.3 Å². The van der Waals surface area contributed by atoms with Crippen molar-refractivity contribution in [2.24, 2.45) is 5.16 Å². The van der Waals surface area contributed by atoms with Crippen molar-refractivity contribution in [3.8, 4) is 0 Å². The Balaban J connectivity index is 2.66. The molecule has 1 rings (SSSR count). The Labute approximate surface area is 96.6 Å². The van der Waals surface area contributed by atoms with E-state index in [0.717, 1.165) is 0 Å². The van der Waals surface area contributed by atoms with E-state index in [4.69, 9.17) is 4.84 Å². The fraction of sp³-hybridized carbons (Fsp3) is 0.545. The molecule has 0 saturated heterocycles. The van der Waals surface area contributed by atoms with E-state index in [-0.39, 0.29) is 10.8 Å². The Morgan fingerprint density at radius 2 is 2.12 bits per heavy atom. The molecule has 1 aliphatic rings. The smallest absolute Gasteiger partial charge is 0.198 e. The summed E-state index contributed by atoms with van der Waals surface area (Å²) in [5.74, 6) is -0.0321. The second-order valence-corrected chi connectivity index (χ2v) is 6.28. The van der Waals surface area contributed by atoms with Crippen LogP contribution in [-0.2, 0) is 14.7 Å². The minimum Gasteiger partial charge on any atom is -0.389 e. The lowest BCUT2D eigenvalue weighted by molar-refractivity contribution is 0.0123. The molecule has 0 amide bonds. The third-order valence-corrected chi connectivity index (χ3v) is 3.65. The fourth-order valence-electron chi connectivity index (χ4n) is 1.24. The van der Waals surface area contributed by atoms with Crippen LogP contribution < -0.4 is 0 Å². The summed E-state index contributed by atoms with van der Waals surface area (Å²) in [6.07, 6.45) is 7.27. The van der Waals surface area contributed by atoms with E-state index < -0.39 is 15.4 Å². The minimum atomic E-state index is -3.31. The molecule has 0 radical (unpaired) electrons. The van der Waals surface area contributed by atoms with Gasteiger partial charge in [-0.3, -0.25) is 0 Å². The number of sulfone groups is 1. The number of hydrogen-bond donors (Lipinski definition) is 0. The lowest BCUT2D eigenvalue weighted by Crippen LogP contribution is -2.23. The van der Waals surface area contributed by atoms with Crippen LogP contribution in [0.25, 0.3) is 0 Å². The van der Waals surface area contributed by atoms with E-state index in [1.165, 1.54) is 0 Å². The third-order valence-electron chi connectivity index (χ3n) is 2.09. The molecule has 0 fully saturated rings. The summed E-state index contributed by atoms with van der Waals surface area (Å²) in [5, 5.41) is 3.78. The van der Waals surface area contributed by atoms with Crippen LogP contribution in [0.15, 0.2) is 29.5 Å². The lowest BCUT2D eigenvalue weighted by Gasteiger charge is -2.12.